The monoisotopic (exact) mass is 298 g/mol. The van der Waals surface area contributed by atoms with Crippen molar-refractivity contribution in [1.29, 1.82) is 0 Å². The number of aromatic nitrogens is 1. The molecule has 1 aliphatic heterocycles. The topological polar surface area (TPSA) is 40.6 Å². The van der Waals surface area contributed by atoms with Gasteiger partial charge in [-0.25, -0.2) is 4.98 Å². The summed E-state index contributed by atoms with van der Waals surface area (Å²) in [4.78, 5) is 9.29. The molecule has 114 valence electrons. The number of anilines is 1. The normalized spacial score (nSPS) is 16.8. The zero-order chi connectivity index (χ0) is 14.0. The number of thiazole rings is 1. The summed E-state index contributed by atoms with van der Waals surface area (Å²) in [5, 5.41) is 6.70. The minimum atomic E-state index is 0.823. The maximum atomic E-state index is 5.32. The second-order valence-corrected chi connectivity index (χ2v) is 5.82. The molecule has 0 bridgehead atoms. The van der Waals surface area contributed by atoms with Gasteiger partial charge in [0.15, 0.2) is 5.13 Å². The van der Waals surface area contributed by atoms with Crippen molar-refractivity contribution in [3.63, 3.8) is 0 Å². The quantitative estimate of drug-likeness (QED) is 0.696. The first-order valence-corrected chi connectivity index (χ1v) is 8.43. The molecule has 2 rings (SSSR count). The van der Waals surface area contributed by atoms with Gasteiger partial charge in [0, 0.05) is 64.1 Å². The van der Waals surface area contributed by atoms with Gasteiger partial charge in [-0.1, -0.05) is 0 Å². The Hall–Kier alpha value is -0.690. The molecule has 0 amide bonds. The van der Waals surface area contributed by atoms with Crippen molar-refractivity contribution in [1.82, 2.24) is 15.2 Å². The Labute approximate surface area is 125 Å². The van der Waals surface area contributed by atoms with E-state index in [0.717, 1.165) is 65.4 Å². The Kier molecular flexibility index (Phi) is 7.28. The Morgan fingerprint density at radius 1 is 1.30 bits per heavy atom. The summed E-state index contributed by atoms with van der Waals surface area (Å²) in [6.45, 7) is 11.5. The molecule has 6 heteroatoms. The van der Waals surface area contributed by atoms with Gasteiger partial charge in [0.2, 0.25) is 0 Å². The van der Waals surface area contributed by atoms with Crippen molar-refractivity contribution in [2.45, 2.75) is 13.3 Å². The molecule has 0 spiro atoms. The summed E-state index contributed by atoms with van der Waals surface area (Å²) >= 11 is 1.73. The molecular formula is C14H26N4OS. The van der Waals surface area contributed by atoms with Gasteiger partial charge < -0.3 is 15.0 Å². The fourth-order valence-corrected chi connectivity index (χ4v) is 3.04. The number of hydrogen-bond donors (Lipinski definition) is 1. The molecular weight excluding hydrogens is 272 g/mol. The number of hydrogen-bond acceptors (Lipinski definition) is 6. The number of ether oxygens (including phenoxy) is 1. The summed E-state index contributed by atoms with van der Waals surface area (Å²) in [6, 6.07) is 0. The Morgan fingerprint density at radius 3 is 2.85 bits per heavy atom. The SMILES string of the molecule is CCOCCCNCCN1CCN(c2nccs2)CC1. The average Bonchev–Trinajstić information content (AvgIpc) is 3.01. The first-order chi connectivity index (χ1) is 9.90. The van der Waals surface area contributed by atoms with E-state index in [2.05, 4.69) is 20.1 Å². The van der Waals surface area contributed by atoms with Crippen molar-refractivity contribution in [2.75, 3.05) is 63.9 Å². The average molecular weight is 298 g/mol. The summed E-state index contributed by atoms with van der Waals surface area (Å²) < 4.78 is 5.32. The van der Waals surface area contributed by atoms with Crippen LogP contribution in [0.15, 0.2) is 11.6 Å². The highest BCUT2D eigenvalue weighted by atomic mass is 32.1. The first-order valence-electron chi connectivity index (χ1n) is 7.55. The molecule has 1 aromatic rings. The van der Waals surface area contributed by atoms with Crippen molar-refractivity contribution in [3.8, 4) is 0 Å². The molecule has 0 unspecified atom stereocenters. The highest BCUT2D eigenvalue weighted by molar-refractivity contribution is 7.13. The lowest BCUT2D eigenvalue weighted by Gasteiger charge is -2.34. The summed E-state index contributed by atoms with van der Waals surface area (Å²) in [5.41, 5.74) is 0. The molecule has 0 aromatic carbocycles. The van der Waals surface area contributed by atoms with Crippen molar-refractivity contribution in [2.24, 2.45) is 0 Å². The smallest absolute Gasteiger partial charge is 0.185 e. The molecule has 5 nitrogen and oxygen atoms in total. The molecule has 1 fully saturated rings. The second-order valence-electron chi connectivity index (χ2n) is 4.94. The van der Waals surface area contributed by atoms with Crippen molar-refractivity contribution >= 4 is 16.5 Å². The second kappa shape index (κ2) is 9.28. The summed E-state index contributed by atoms with van der Waals surface area (Å²) in [5.74, 6) is 0. The molecule has 1 aliphatic rings. The fraction of sp³-hybridized carbons (Fsp3) is 0.786. The number of nitrogens with zero attached hydrogens (tertiary/aromatic N) is 3. The van der Waals surface area contributed by atoms with Crippen LogP contribution in [0.2, 0.25) is 0 Å². The maximum Gasteiger partial charge on any atom is 0.185 e. The minimum absolute atomic E-state index is 0.823. The van der Waals surface area contributed by atoms with Crippen LogP contribution in [-0.2, 0) is 4.74 Å². The third-order valence-corrected chi connectivity index (χ3v) is 4.35. The molecule has 0 radical (unpaired) electrons. The van der Waals surface area contributed by atoms with Gasteiger partial charge >= 0.3 is 0 Å². The Balaban J connectivity index is 1.50. The predicted octanol–water partition coefficient (Wildman–Crippen LogP) is 1.28. The van der Waals surface area contributed by atoms with E-state index in [9.17, 15) is 0 Å². The van der Waals surface area contributed by atoms with E-state index in [1.807, 2.05) is 18.5 Å². The van der Waals surface area contributed by atoms with Crippen LogP contribution in [0, 0.1) is 0 Å². The molecule has 0 atom stereocenters. The Bertz CT molecular complexity index is 339. The first kappa shape index (κ1) is 15.7. The number of nitrogens with one attached hydrogen (secondary N) is 1. The van der Waals surface area contributed by atoms with Crippen molar-refractivity contribution < 1.29 is 4.74 Å². The lowest BCUT2D eigenvalue weighted by molar-refractivity contribution is 0.144. The van der Waals surface area contributed by atoms with Gasteiger partial charge in [0.1, 0.15) is 0 Å². The van der Waals surface area contributed by atoms with Crippen LogP contribution in [0.5, 0.6) is 0 Å². The van der Waals surface area contributed by atoms with E-state index in [4.69, 9.17) is 4.74 Å². The molecule has 1 aromatic heterocycles. The van der Waals surface area contributed by atoms with E-state index >= 15 is 0 Å². The van der Waals surface area contributed by atoms with Crippen LogP contribution >= 0.6 is 11.3 Å². The van der Waals surface area contributed by atoms with Crippen LogP contribution < -0.4 is 10.2 Å². The van der Waals surface area contributed by atoms with E-state index < -0.39 is 0 Å². The fourth-order valence-electron chi connectivity index (χ4n) is 2.34. The number of rotatable bonds is 9. The highest BCUT2D eigenvalue weighted by Gasteiger charge is 2.17. The van der Waals surface area contributed by atoms with Gasteiger partial charge in [0.05, 0.1) is 0 Å². The highest BCUT2D eigenvalue weighted by Crippen LogP contribution is 2.18. The molecule has 0 aliphatic carbocycles. The van der Waals surface area contributed by atoms with Gasteiger partial charge in [0.25, 0.3) is 0 Å². The van der Waals surface area contributed by atoms with Crippen LogP contribution in [0.4, 0.5) is 5.13 Å². The zero-order valence-electron chi connectivity index (χ0n) is 12.4. The van der Waals surface area contributed by atoms with E-state index in [0.29, 0.717) is 0 Å². The largest absolute Gasteiger partial charge is 0.382 e. The maximum absolute atomic E-state index is 5.32. The third-order valence-electron chi connectivity index (χ3n) is 3.51. The Morgan fingerprint density at radius 2 is 2.15 bits per heavy atom. The summed E-state index contributed by atoms with van der Waals surface area (Å²) in [7, 11) is 0. The van der Waals surface area contributed by atoms with Crippen molar-refractivity contribution in [3.05, 3.63) is 11.6 Å². The predicted molar refractivity (Wildman–Crippen MR) is 84.7 cm³/mol. The zero-order valence-corrected chi connectivity index (χ0v) is 13.2. The molecule has 2 heterocycles. The van der Waals surface area contributed by atoms with E-state index in [1.165, 1.54) is 5.13 Å². The summed E-state index contributed by atoms with van der Waals surface area (Å²) in [6.07, 6.45) is 2.99. The lowest BCUT2D eigenvalue weighted by Crippen LogP contribution is -2.48. The van der Waals surface area contributed by atoms with Gasteiger partial charge in [-0.05, 0) is 19.9 Å². The third kappa shape index (κ3) is 5.36. The van der Waals surface area contributed by atoms with E-state index in [1.54, 1.807) is 11.3 Å². The molecule has 0 saturated carbocycles. The van der Waals surface area contributed by atoms with Crippen LogP contribution in [0.1, 0.15) is 13.3 Å². The molecule has 20 heavy (non-hydrogen) atoms. The number of piperazine rings is 1. The molecule has 1 N–H and O–H groups in total. The standard InChI is InChI=1S/C14H26N4OS/c1-2-19-12-3-4-15-5-7-17-8-10-18(11-9-17)14-16-6-13-20-14/h6,13,15H,2-5,7-12H2,1H3. The minimum Gasteiger partial charge on any atom is -0.382 e. The van der Waals surface area contributed by atoms with Crippen LogP contribution in [0.25, 0.3) is 0 Å². The van der Waals surface area contributed by atoms with E-state index in [-0.39, 0.29) is 0 Å². The van der Waals surface area contributed by atoms with Crippen LogP contribution in [0.3, 0.4) is 0 Å². The van der Waals surface area contributed by atoms with Gasteiger partial charge in [-0.2, -0.15) is 0 Å². The molecule has 1 saturated heterocycles. The lowest BCUT2D eigenvalue weighted by atomic mass is 10.3. The van der Waals surface area contributed by atoms with Gasteiger partial charge in [-0.15, -0.1) is 11.3 Å². The van der Waals surface area contributed by atoms with Gasteiger partial charge in [-0.3, -0.25) is 4.90 Å². The van der Waals surface area contributed by atoms with Crippen LogP contribution in [-0.4, -0.2) is 68.9 Å².